The first-order chi connectivity index (χ1) is 7.13. The topological polar surface area (TPSA) is 67.4 Å². The molecule has 0 saturated carbocycles. The van der Waals surface area contributed by atoms with Crippen LogP contribution in [0.3, 0.4) is 0 Å². The van der Waals surface area contributed by atoms with Crippen LogP contribution in [0.2, 0.25) is 0 Å². The van der Waals surface area contributed by atoms with Gasteiger partial charge in [0.05, 0.1) is 0 Å². The summed E-state index contributed by atoms with van der Waals surface area (Å²) >= 11 is 0. The van der Waals surface area contributed by atoms with Gasteiger partial charge in [0.25, 0.3) is 0 Å². The number of hydrogen-bond acceptors (Lipinski definition) is 3. The summed E-state index contributed by atoms with van der Waals surface area (Å²) in [5.41, 5.74) is 0. The fraction of sp³-hybridized carbons (Fsp3) is 0.778. The number of nitrogens with one attached hydrogen (secondary N) is 2. The molecular formula is C9H20N2O3Si. The quantitative estimate of drug-likeness (QED) is 0.457. The van der Waals surface area contributed by atoms with Gasteiger partial charge in [-0.15, -0.1) is 0 Å². The third kappa shape index (κ3) is 7.09. The van der Waals surface area contributed by atoms with Crippen molar-refractivity contribution in [3.8, 4) is 0 Å². The molecule has 0 aromatic rings. The van der Waals surface area contributed by atoms with Gasteiger partial charge in [0.15, 0.2) is 0 Å². The van der Waals surface area contributed by atoms with Gasteiger partial charge in [-0.05, 0) is 6.92 Å². The average molecular weight is 232 g/mol. The normalized spacial score (nSPS) is 10.9. The Morgan fingerprint density at radius 1 is 1.13 bits per heavy atom. The van der Waals surface area contributed by atoms with E-state index in [0.717, 1.165) is 0 Å². The van der Waals surface area contributed by atoms with Crippen LogP contribution in [-0.2, 0) is 14.0 Å². The molecule has 0 aliphatic carbocycles. The second kappa shape index (κ2) is 8.43. The molecule has 5 nitrogen and oxygen atoms in total. The van der Waals surface area contributed by atoms with E-state index < -0.39 is 9.76 Å². The van der Waals surface area contributed by atoms with Crippen molar-refractivity contribution in [1.82, 2.24) is 10.6 Å². The maximum absolute atomic E-state index is 11.2. The maximum Gasteiger partial charge on any atom is 0.221 e. The fourth-order valence-corrected chi connectivity index (χ4v) is 2.04. The van der Waals surface area contributed by atoms with Crippen molar-refractivity contribution in [1.29, 1.82) is 0 Å². The van der Waals surface area contributed by atoms with E-state index in [4.69, 9.17) is 4.43 Å². The van der Waals surface area contributed by atoms with E-state index in [1.165, 1.54) is 0 Å². The second-order valence-corrected chi connectivity index (χ2v) is 4.61. The Morgan fingerprint density at radius 3 is 1.93 bits per heavy atom. The van der Waals surface area contributed by atoms with E-state index in [1.807, 2.05) is 6.92 Å². The van der Waals surface area contributed by atoms with Crippen molar-refractivity contribution in [2.45, 2.75) is 39.4 Å². The molecule has 6 heteroatoms. The van der Waals surface area contributed by atoms with Crippen molar-refractivity contribution in [2.75, 3.05) is 6.61 Å². The zero-order valence-electron chi connectivity index (χ0n) is 9.63. The third-order valence-corrected chi connectivity index (χ3v) is 3.19. The lowest BCUT2D eigenvalue weighted by molar-refractivity contribution is -0.123. The van der Waals surface area contributed by atoms with Crippen LogP contribution in [0.25, 0.3) is 0 Å². The number of carbonyl (C=O) groups is 2. The van der Waals surface area contributed by atoms with Gasteiger partial charge < -0.3 is 15.1 Å². The zero-order chi connectivity index (χ0) is 11.7. The van der Waals surface area contributed by atoms with E-state index in [-0.39, 0.29) is 17.6 Å². The lowest BCUT2D eigenvalue weighted by Crippen LogP contribution is -2.52. The molecular weight excluding hydrogens is 212 g/mol. The Hall–Kier alpha value is -0.883. The number of carbonyl (C=O) groups excluding carboxylic acids is 2. The van der Waals surface area contributed by atoms with Crippen LogP contribution in [0.4, 0.5) is 0 Å². The summed E-state index contributed by atoms with van der Waals surface area (Å²) in [6, 6.07) is 0. The van der Waals surface area contributed by atoms with E-state index in [9.17, 15) is 9.59 Å². The molecule has 0 unspecified atom stereocenters. The van der Waals surface area contributed by atoms with E-state index in [1.54, 1.807) is 13.8 Å². The highest BCUT2D eigenvalue weighted by Crippen LogP contribution is 1.85. The number of amides is 2. The highest BCUT2D eigenvalue weighted by atomic mass is 28.2. The molecule has 0 heterocycles. The molecule has 0 aliphatic heterocycles. The van der Waals surface area contributed by atoms with Crippen LogP contribution in [0, 0.1) is 0 Å². The lowest BCUT2D eigenvalue weighted by Gasteiger charge is -2.18. The van der Waals surface area contributed by atoms with Crippen LogP contribution < -0.4 is 10.6 Å². The van der Waals surface area contributed by atoms with Crippen molar-refractivity contribution < 1.29 is 14.0 Å². The van der Waals surface area contributed by atoms with Gasteiger partial charge in [-0.2, -0.15) is 0 Å². The smallest absolute Gasteiger partial charge is 0.221 e. The van der Waals surface area contributed by atoms with Crippen LogP contribution >= 0.6 is 0 Å². The average Bonchev–Trinajstić information content (AvgIpc) is 2.25. The number of rotatable bonds is 7. The summed E-state index contributed by atoms with van der Waals surface area (Å²) < 4.78 is 5.30. The van der Waals surface area contributed by atoms with Gasteiger partial charge >= 0.3 is 0 Å². The predicted molar refractivity (Wildman–Crippen MR) is 60.8 cm³/mol. The Morgan fingerprint density at radius 2 is 1.60 bits per heavy atom. The summed E-state index contributed by atoms with van der Waals surface area (Å²) in [6.07, 6.45) is 0.831. The largest absolute Gasteiger partial charge is 0.420 e. The monoisotopic (exact) mass is 232 g/mol. The van der Waals surface area contributed by atoms with Crippen LogP contribution in [0.5, 0.6) is 0 Å². The van der Waals surface area contributed by atoms with Gasteiger partial charge in [-0.3, -0.25) is 9.59 Å². The molecule has 15 heavy (non-hydrogen) atoms. The molecule has 0 radical (unpaired) electrons. The second-order valence-electron chi connectivity index (χ2n) is 3.05. The third-order valence-electron chi connectivity index (χ3n) is 1.80. The molecule has 0 fully saturated rings. The molecule has 2 N–H and O–H groups in total. The summed E-state index contributed by atoms with van der Waals surface area (Å²) in [6.45, 7) is 6.06. The minimum Gasteiger partial charge on any atom is -0.420 e. The predicted octanol–water partition coefficient (Wildman–Crippen LogP) is -0.557. The summed E-state index contributed by atoms with van der Waals surface area (Å²) in [5, 5.41) is 5.47. The van der Waals surface area contributed by atoms with Crippen molar-refractivity contribution in [3.63, 3.8) is 0 Å². The molecule has 0 aliphatic rings. The highest BCUT2D eigenvalue weighted by Gasteiger charge is 2.13. The van der Waals surface area contributed by atoms with Gasteiger partial charge in [-0.1, -0.05) is 13.8 Å². The molecule has 0 aromatic heterocycles. The van der Waals surface area contributed by atoms with Gasteiger partial charge in [0.1, 0.15) is 5.79 Å². The maximum atomic E-state index is 11.2. The summed E-state index contributed by atoms with van der Waals surface area (Å²) in [4.78, 5) is 22.3. The summed E-state index contributed by atoms with van der Waals surface area (Å²) in [5.74, 6) is -0.419. The zero-order valence-corrected chi connectivity index (χ0v) is 11.0. The van der Waals surface area contributed by atoms with Crippen molar-refractivity contribution >= 4 is 21.6 Å². The van der Waals surface area contributed by atoms with Gasteiger partial charge in [0.2, 0.25) is 21.6 Å². The standard InChI is InChI=1S/C9H20N2O3Si/c1-4-7(12)10-9(15-14-6-3)11-8(13)5-2/h9H,4-6,15H2,1-3H3,(H,10,12)(H,11,13). The Bertz CT molecular complexity index is 194. The minimum atomic E-state index is -0.943. The molecule has 2 amide bonds. The fourth-order valence-electron chi connectivity index (χ4n) is 0.948. The SMILES string of the molecule is CCO[SiH2]C(NC(=O)CC)NC(=O)CC. The van der Waals surface area contributed by atoms with E-state index in [2.05, 4.69) is 10.6 Å². The lowest BCUT2D eigenvalue weighted by atomic mass is 10.4. The Labute approximate surface area is 92.9 Å². The molecule has 0 saturated heterocycles. The van der Waals surface area contributed by atoms with Crippen molar-refractivity contribution in [2.24, 2.45) is 0 Å². The van der Waals surface area contributed by atoms with Crippen LogP contribution in [0.15, 0.2) is 0 Å². The Kier molecular flexibility index (Phi) is 7.93. The molecule has 0 atom stereocenters. The van der Waals surface area contributed by atoms with Gasteiger partial charge in [0, 0.05) is 19.4 Å². The minimum absolute atomic E-state index is 0.0661. The molecule has 0 spiro atoms. The van der Waals surface area contributed by atoms with Crippen LogP contribution in [0.1, 0.15) is 33.6 Å². The summed E-state index contributed by atoms with van der Waals surface area (Å²) in [7, 11) is -0.943. The first-order valence-electron chi connectivity index (χ1n) is 5.30. The molecule has 0 aromatic carbocycles. The first-order valence-corrected chi connectivity index (χ1v) is 6.69. The first kappa shape index (κ1) is 14.1. The molecule has 0 rings (SSSR count). The van der Waals surface area contributed by atoms with Crippen LogP contribution in [-0.4, -0.2) is 34.0 Å². The Balaban J connectivity index is 4.05. The number of hydrogen-bond donors (Lipinski definition) is 2. The van der Waals surface area contributed by atoms with Crippen molar-refractivity contribution in [3.05, 3.63) is 0 Å². The van der Waals surface area contributed by atoms with Gasteiger partial charge in [-0.25, -0.2) is 0 Å². The van der Waals surface area contributed by atoms with E-state index >= 15 is 0 Å². The molecule has 0 bridgehead atoms. The highest BCUT2D eigenvalue weighted by molar-refractivity contribution is 6.30. The van der Waals surface area contributed by atoms with E-state index in [0.29, 0.717) is 19.4 Å². The molecule has 88 valence electrons.